The highest BCUT2D eigenvalue weighted by atomic mass is 79.9. The average Bonchev–Trinajstić information content (AvgIpc) is 2.32. The Kier molecular flexibility index (Phi) is 4.31. The second-order valence-corrected chi connectivity index (χ2v) is 7.19. The summed E-state index contributed by atoms with van der Waals surface area (Å²) in [6, 6.07) is 4.72. The molecular weight excluding hydrogens is 412 g/mol. The standard InChI is InChI=1S/C11H10Br2N4O2S/c1-6-2-3-8(7(14)4-6)20(18,19)17-11-10(13)16-9(12)5-15-11/h2-5H,14H2,1H3,(H,15,17). The normalized spacial score (nSPS) is 11.3. The molecule has 0 bridgehead atoms. The van der Waals surface area contributed by atoms with Gasteiger partial charge in [-0.2, -0.15) is 0 Å². The van der Waals surface area contributed by atoms with Gasteiger partial charge in [0.25, 0.3) is 10.0 Å². The number of hydrogen-bond acceptors (Lipinski definition) is 5. The molecule has 3 N–H and O–H groups in total. The summed E-state index contributed by atoms with van der Waals surface area (Å²) in [5, 5.41) is 0. The van der Waals surface area contributed by atoms with Crippen molar-refractivity contribution in [1.82, 2.24) is 9.97 Å². The third kappa shape index (κ3) is 3.28. The lowest BCUT2D eigenvalue weighted by Gasteiger charge is -2.10. The van der Waals surface area contributed by atoms with Gasteiger partial charge < -0.3 is 5.73 Å². The number of sulfonamides is 1. The molecule has 0 amide bonds. The highest BCUT2D eigenvalue weighted by Crippen LogP contribution is 2.25. The Bertz CT molecular complexity index is 765. The maximum absolute atomic E-state index is 12.3. The van der Waals surface area contributed by atoms with Gasteiger partial charge in [0.15, 0.2) is 10.4 Å². The van der Waals surface area contributed by atoms with Gasteiger partial charge in [-0.25, -0.2) is 18.4 Å². The first-order chi connectivity index (χ1) is 9.29. The highest BCUT2D eigenvalue weighted by molar-refractivity contribution is 9.11. The molecule has 0 aliphatic heterocycles. The van der Waals surface area contributed by atoms with E-state index in [1.807, 2.05) is 6.92 Å². The maximum atomic E-state index is 12.3. The number of aryl methyl sites for hydroxylation is 1. The van der Waals surface area contributed by atoms with Crippen LogP contribution < -0.4 is 10.5 Å². The Hall–Kier alpha value is -1.19. The lowest BCUT2D eigenvalue weighted by molar-refractivity contribution is 0.601. The second-order valence-electron chi connectivity index (χ2n) is 3.98. The van der Waals surface area contributed by atoms with Crippen LogP contribution in [0.5, 0.6) is 0 Å². The first kappa shape index (κ1) is 15.2. The number of nitrogens with two attached hydrogens (primary N) is 1. The van der Waals surface area contributed by atoms with Gasteiger partial charge in [-0.1, -0.05) is 6.07 Å². The molecule has 0 saturated carbocycles. The highest BCUT2D eigenvalue weighted by Gasteiger charge is 2.19. The monoisotopic (exact) mass is 420 g/mol. The first-order valence-electron chi connectivity index (χ1n) is 5.36. The maximum Gasteiger partial charge on any atom is 0.265 e. The fraction of sp³-hybridized carbons (Fsp3) is 0.0909. The summed E-state index contributed by atoms with van der Waals surface area (Å²) in [6.45, 7) is 1.83. The van der Waals surface area contributed by atoms with Gasteiger partial charge in [0.1, 0.15) is 9.50 Å². The number of anilines is 2. The summed E-state index contributed by atoms with van der Waals surface area (Å²) < 4.78 is 27.7. The minimum absolute atomic E-state index is 0.000260. The van der Waals surface area contributed by atoms with E-state index >= 15 is 0 Å². The van der Waals surface area contributed by atoms with Gasteiger partial charge in [-0.3, -0.25) is 4.72 Å². The van der Waals surface area contributed by atoms with E-state index in [-0.39, 0.29) is 21.0 Å². The molecule has 6 nitrogen and oxygen atoms in total. The molecule has 9 heteroatoms. The molecule has 1 aromatic heterocycles. The molecule has 1 heterocycles. The number of rotatable bonds is 3. The van der Waals surface area contributed by atoms with Gasteiger partial charge in [0.05, 0.1) is 11.9 Å². The van der Waals surface area contributed by atoms with Crippen LogP contribution in [0.25, 0.3) is 0 Å². The SMILES string of the molecule is Cc1ccc(S(=O)(=O)Nc2ncc(Br)nc2Br)c(N)c1. The van der Waals surface area contributed by atoms with E-state index < -0.39 is 10.0 Å². The molecule has 106 valence electrons. The van der Waals surface area contributed by atoms with Gasteiger partial charge in [0.2, 0.25) is 0 Å². The van der Waals surface area contributed by atoms with E-state index in [9.17, 15) is 8.42 Å². The molecular formula is C11H10Br2N4O2S. The molecule has 0 spiro atoms. The molecule has 2 rings (SSSR count). The predicted octanol–water partition coefficient (Wildman–Crippen LogP) is 2.69. The van der Waals surface area contributed by atoms with Crippen molar-refractivity contribution < 1.29 is 8.42 Å². The van der Waals surface area contributed by atoms with Gasteiger partial charge in [-0.05, 0) is 56.5 Å². The quantitative estimate of drug-likeness (QED) is 0.742. The number of benzene rings is 1. The van der Waals surface area contributed by atoms with Crippen molar-refractivity contribution in [2.75, 3.05) is 10.5 Å². The fourth-order valence-electron chi connectivity index (χ4n) is 1.51. The summed E-state index contributed by atoms with van der Waals surface area (Å²) in [5.41, 5.74) is 6.81. The van der Waals surface area contributed by atoms with Crippen molar-refractivity contribution in [3.63, 3.8) is 0 Å². The van der Waals surface area contributed by atoms with Crippen LogP contribution in [0, 0.1) is 6.92 Å². The largest absolute Gasteiger partial charge is 0.398 e. The minimum Gasteiger partial charge on any atom is -0.398 e. The summed E-state index contributed by atoms with van der Waals surface area (Å²) in [7, 11) is -3.82. The Morgan fingerprint density at radius 2 is 2.00 bits per heavy atom. The lowest BCUT2D eigenvalue weighted by atomic mass is 10.2. The molecule has 0 fully saturated rings. The second kappa shape index (κ2) is 5.66. The number of nitrogen functional groups attached to an aromatic ring is 1. The van der Waals surface area contributed by atoms with Gasteiger partial charge >= 0.3 is 0 Å². The summed E-state index contributed by atoms with van der Waals surface area (Å²) in [4.78, 5) is 7.95. The van der Waals surface area contributed by atoms with Crippen molar-refractivity contribution >= 4 is 53.4 Å². The molecule has 0 aliphatic carbocycles. The van der Waals surface area contributed by atoms with Gasteiger partial charge in [0, 0.05) is 0 Å². The molecule has 0 unspecified atom stereocenters. The van der Waals surface area contributed by atoms with Crippen LogP contribution >= 0.6 is 31.9 Å². The number of nitrogens with one attached hydrogen (secondary N) is 1. The Morgan fingerprint density at radius 3 is 2.60 bits per heavy atom. The van der Waals surface area contributed by atoms with Crippen LogP contribution in [-0.4, -0.2) is 18.4 Å². The third-order valence-electron chi connectivity index (χ3n) is 2.39. The van der Waals surface area contributed by atoms with E-state index in [1.54, 1.807) is 12.1 Å². The lowest BCUT2D eigenvalue weighted by Crippen LogP contribution is -2.16. The first-order valence-corrected chi connectivity index (χ1v) is 8.43. The Labute approximate surface area is 133 Å². The van der Waals surface area contributed by atoms with E-state index in [2.05, 4.69) is 46.5 Å². The Morgan fingerprint density at radius 1 is 1.30 bits per heavy atom. The van der Waals surface area contributed by atoms with Crippen molar-refractivity contribution in [2.24, 2.45) is 0 Å². The smallest absolute Gasteiger partial charge is 0.265 e. The number of nitrogens with zero attached hydrogens (tertiary/aromatic N) is 2. The van der Waals surface area contributed by atoms with Crippen LogP contribution in [0.3, 0.4) is 0 Å². The average molecular weight is 422 g/mol. The predicted molar refractivity (Wildman–Crippen MR) is 83.8 cm³/mol. The van der Waals surface area contributed by atoms with Crippen LogP contribution in [-0.2, 0) is 10.0 Å². The molecule has 20 heavy (non-hydrogen) atoms. The van der Waals surface area contributed by atoms with Crippen molar-refractivity contribution in [2.45, 2.75) is 11.8 Å². The van der Waals surface area contributed by atoms with Crippen LogP contribution in [0.2, 0.25) is 0 Å². The van der Waals surface area contributed by atoms with Crippen LogP contribution in [0.15, 0.2) is 38.5 Å². The summed E-state index contributed by atoms with van der Waals surface area (Å²) in [6.07, 6.45) is 1.39. The number of hydrogen-bond donors (Lipinski definition) is 2. The van der Waals surface area contributed by atoms with Crippen molar-refractivity contribution in [1.29, 1.82) is 0 Å². The molecule has 0 radical (unpaired) electrons. The molecule has 0 atom stereocenters. The molecule has 2 aromatic rings. The fourth-order valence-corrected chi connectivity index (χ4v) is 3.68. The number of aromatic nitrogens is 2. The number of halogens is 2. The van der Waals surface area contributed by atoms with E-state index in [4.69, 9.17) is 5.73 Å². The Balaban J connectivity index is 2.41. The van der Waals surface area contributed by atoms with E-state index in [1.165, 1.54) is 12.3 Å². The van der Waals surface area contributed by atoms with Gasteiger partial charge in [-0.15, -0.1) is 0 Å². The third-order valence-corrected chi connectivity index (χ3v) is 4.73. The van der Waals surface area contributed by atoms with Crippen LogP contribution in [0.4, 0.5) is 11.5 Å². The summed E-state index contributed by atoms with van der Waals surface area (Å²) in [5.74, 6) is 0.0909. The summed E-state index contributed by atoms with van der Waals surface area (Å²) >= 11 is 6.28. The molecule has 0 aliphatic rings. The minimum atomic E-state index is -3.82. The van der Waals surface area contributed by atoms with E-state index in [0.717, 1.165) is 5.56 Å². The molecule has 0 saturated heterocycles. The van der Waals surface area contributed by atoms with Crippen molar-refractivity contribution in [3.8, 4) is 0 Å². The molecule has 1 aromatic carbocycles. The zero-order valence-corrected chi connectivity index (χ0v) is 14.3. The van der Waals surface area contributed by atoms with Crippen LogP contribution in [0.1, 0.15) is 5.56 Å². The topological polar surface area (TPSA) is 98.0 Å². The zero-order chi connectivity index (χ0) is 14.9. The van der Waals surface area contributed by atoms with Crippen molar-refractivity contribution in [3.05, 3.63) is 39.2 Å². The zero-order valence-electron chi connectivity index (χ0n) is 10.3. The van der Waals surface area contributed by atoms with E-state index in [0.29, 0.717) is 4.60 Å².